The van der Waals surface area contributed by atoms with Gasteiger partial charge in [-0.15, -0.1) is 11.3 Å². The third-order valence-corrected chi connectivity index (χ3v) is 4.70. The Labute approximate surface area is 121 Å². The summed E-state index contributed by atoms with van der Waals surface area (Å²) in [5, 5.41) is 3.00. The lowest BCUT2D eigenvalue weighted by Gasteiger charge is -2.09. The molecule has 1 aromatic heterocycles. The van der Waals surface area contributed by atoms with Crippen LogP contribution in [0.1, 0.15) is 15.3 Å². The van der Waals surface area contributed by atoms with Gasteiger partial charge in [-0.25, -0.2) is 0 Å². The Bertz CT molecular complexity index is 558. The zero-order valence-electron chi connectivity index (χ0n) is 10.0. The predicted octanol–water partition coefficient (Wildman–Crippen LogP) is 5.45. The summed E-state index contributed by atoms with van der Waals surface area (Å²) in [4.78, 5) is 2.22. The molecule has 1 heterocycles. The molecular formula is C13H11BrF3NS. The van der Waals surface area contributed by atoms with E-state index in [0.29, 0.717) is 12.2 Å². The van der Waals surface area contributed by atoms with E-state index in [2.05, 4.69) is 21.2 Å². The van der Waals surface area contributed by atoms with E-state index in [-0.39, 0.29) is 0 Å². The van der Waals surface area contributed by atoms with Gasteiger partial charge in [-0.2, -0.15) is 13.2 Å². The summed E-state index contributed by atoms with van der Waals surface area (Å²) in [6.45, 7) is 2.50. The Morgan fingerprint density at radius 2 is 2.00 bits per heavy atom. The van der Waals surface area contributed by atoms with Crippen molar-refractivity contribution in [3.8, 4) is 0 Å². The van der Waals surface area contributed by atoms with E-state index in [1.54, 1.807) is 17.4 Å². The fourth-order valence-electron chi connectivity index (χ4n) is 1.60. The van der Waals surface area contributed by atoms with Crippen molar-refractivity contribution >= 4 is 33.0 Å². The fourth-order valence-corrected chi connectivity index (χ4v) is 3.14. The topological polar surface area (TPSA) is 12.0 Å². The highest BCUT2D eigenvalue weighted by atomic mass is 79.9. The second-order valence-corrected chi connectivity index (χ2v) is 6.24. The van der Waals surface area contributed by atoms with Gasteiger partial charge in [0.25, 0.3) is 0 Å². The molecule has 102 valence electrons. The number of benzene rings is 1. The normalized spacial score (nSPS) is 11.6. The molecule has 0 bridgehead atoms. The van der Waals surface area contributed by atoms with Gasteiger partial charge in [-0.05, 0) is 47.1 Å². The average molecular weight is 350 g/mol. The first-order valence-electron chi connectivity index (χ1n) is 5.52. The van der Waals surface area contributed by atoms with Crippen LogP contribution in [-0.4, -0.2) is 0 Å². The quantitative estimate of drug-likeness (QED) is 0.776. The highest BCUT2D eigenvalue weighted by Gasteiger charge is 2.30. The predicted molar refractivity (Wildman–Crippen MR) is 75.5 cm³/mol. The Morgan fingerprint density at radius 3 is 2.58 bits per heavy atom. The number of alkyl halides is 3. The van der Waals surface area contributed by atoms with Crippen LogP contribution in [0.25, 0.3) is 0 Å². The Morgan fingerprint density at radius 1 is 1.26 bits per heavy atom. The number of nitrogens with one attached hydrogen (secondary N) is 1. The lowest BCUT2D eigenvalue weighted by molar-refractivity contribution is -0.137. The monoisotopic (exact) mass is 349 g/mol. The average Bonchev–Trinajstić information content (AvgIpc) is 2.66. The first kappa shape index (κ1) is 14.4. The number of rotatable bonds is 3. The van der Waals surface area contributed by atoms with Gasteiger partial charge in [-0.1, -0.05) is 6.07 Å². The van der Waals surface area contributed by atoms with Gasteiger partial charge in [0.2, 0.25) is 0 Å². The van der Waals surface area contributed by atoms with E-state index in [4.69, 9.17) is 0 Å². The van der Waals surface area contributed by atoms with E-state index in [1.807, 2.05) is 13.0 Å². The Hall–Kier alpha value is -1.01. The first-order valence-corrected chi connectivity index (χ1v) is 7.13. The molecule has 1 aromatic carbocycles. The zero-order valence-corrected chi connectivity index (χ0v) is 12.4. The maximum Gasteiger partial charge on any atom is 0.416 e. The molecule has 0 aliphatic carbocycles. The lowest BCUT2D eigenvalue weighted by Crippen LogP contribution is -2.06. The summed E-state index contributed by atoms with van der Waals surface area (Å²) in [5.74, 6) is 0. The standard InChI is InChI=1S/C13H11BrF3NS/c1-8-12(14)6-11(19-8)7-18-10-4-2-3-9(5-10)13(15,16)17/h2-6,18H,7H2,1H3. The van der Waals surface area contributed by atoms with Gasteiger partial charge in [0.15, 0.2) is 0 Å². The summed E-state index contributed by atoms with van der Waals surface area (Å²) < 4.78 is 38.7. The van der Waals surface area contributed by atoms with E-state index in [0.717, 1.165) is 26.4 Å². The zero-order chi connectivity index (χ0) is 14.0. The van der Waals surface area contributed by atoms with Gasteiger partial charge in [0.05, 0.1) is 5.56 Å². The molecule has 2 rings (SSSR count). The Kier molecular flexibility index (Phi) is 4.20. The summed E-state index contributed by atoms with van der Waals surface area (Å²) in [6, 6.07) is 7.19. The number of aryl methyl sites for hydroxylation is 1. The second-order valence-electron chi connectivity index (χ2n) is 4.05. The molecule has 1 N–H and O–H groups in total. The molecule has 0 radical (unpaired) electrons. The van der Waals surface area contributed by atoms with Crippen LogP contribution in [0, 0.1) is 6.92 Å². The maximum atomic E-state index is 12.6. The van der Waals surface area contributed by atoms with Crippen molar-refractivity contribution in [2.45, 2.75) is 19.6 Å². The summed E-state index contributed by atoms with van der Waals surface area (Å²) in [6.07, 6.45) is -4.31. The van der Waals surface area contributed by atoms with Crippen molar-refractivity contribution in [3.63, 3.8) is 0 Å². The summed E-state index contributed by atoms with van der Waals surface area (Å²) in [7, 11) is 0. The van der Waals surface area contributed by atoms with Crippen molar-refractivity contribution in [1.82, 2.24) is 0 Å². The Balaban J connectivity index is 2.07. The molecular weight excluding hydrogens is 339 g/mol. The van der Waals surface area contributed by atoms with Gasteiger partial charge in [0.1, 0.15) is 0 Å². The SMILES string of the molecule is Cc1sc(CNc2cccc(C(F)(F)F)c2)cc1Br. The minimum Gasteiger partial charge on any atom is -0.380 e. The fraction of sp³-hybridized carbons (Fsp3) is 0.231. The number of halogens is 4. The van der Waals surface area contributed by atoms with Crippen molar-refractivity contribution in [2.75, 3.05) is 5.32 Å². The molecule has 1 nitrogen and oxygen atoms in total. The van der Waals surface area contributed by atoms with Crippen molar-refractivity contribution in [1.29, 1.82) is 0 Å². The molecule has 0 atom stereocenters. The smallest absolute Gasteiger partial charge is 0.380 e. The molecule has 0 aliphatic heterocycles. The van der Waals surface area contributed by atoms with Gasteiger partial charge >= 0.3 is 6.18 Å². The van der Waals surface area contributed by atoms with Gasteiger partial charge in [-0.3, -0.25) is 0 Å². The third kappa shape index (κ3) is 3.73. The van der Waals surface area contributed by atoms with E-state index >= 15 is 0 Å². The van der Waals surface area contributed by atoms with Crippen LogP contribution in [0.2, 0.25) is 0 Å². The third-order valence-electron chi connectivity index (χ3n) is 2.56. The molecule has 0 amide bonds. The minimum atomic E-state index is -4.31. The van der Waals surface area contributed by atoms with Crippen LogP contribution >= 0.6 is 27.3 Å². The van der Waals surface area contributed by atoms with Crippen LogP contribution < -0.4 is 5.32 Å². The van der Waals surface area contributed by atoms with Gasteiger partial charge in [0, 0.05) is 26.5 Å². The second kappa shape index (κ2) is 5.54. The molecule has 0 saturated heterocycles. The van der Waals surface area contributed by atoms with Gasteiger partial charge < -0.3 is 5.32 Å². The molecule has 6 heteroatoms. The molecule has 2 aromatic rings. The van der Waals surface area contributed by atoms with Crippen molar-refractivity contribution < 1.29 is 13.2 Å². The van der Waals surface area contributed by atoms with Crippen molar-refractivity contribution in [3.05, 3.63) is 50.1 Å². The minimum absolute atomic E-state index is 0.469. The number of thiophene rings is 1. The first-order chi connectivity index (χ1) is 8.86. The maximum absolute atomic E-state index is 12.6. The molecule has 0 saturated carbocycles. The van der Waals surface area contributed by atoms with E-state index in [9.17, 15) is 13.2 Å². The van der Waals surface area contributed by atoms with Crippen LogP contribution in [0.4, 0.5) is 18.9 Å². The molecule has 19 heavy (non-hydrogen) atoms. The highest BCUT2D eigenvalue weighted by molar-refractivity contribution is 9.10. The van der Waals surface area contributed by atoms with E-state index in [1.165, 1.54) is 6.07 Å². The number of hydrogen-bond donors (Lipinski definition) is 1. The van der Waals surface area contributed by atoms with Crippen molar-refractivity contribution in [2.24, 2.45) is 0 Å². The van der Waals surface area contributed by atoms with Crippen LogP contribution in [-0.2, 0) is 12.7 Å². The molecule has 0 fully saturated rings. The van der Waals surface area contributed by atoms with Crippen LogP contribution in [0.15, 0.2) is 34.8 Å². The lowest BCUT2D eigenvalue weighted by atomic mass is 10.2. The van der Waals surface area contributed by atoms with Crippen LogP contribution in [0.5, 0.6) is 0 Å². The highest BCUT2D eigenvalue weighted by Crippen LogP contribution is 2.31. The van der Waals surface area contributed by atoms with E-state index < -0.39 is 11.7 Å². The molecule has 0 aliphatic rings. The molecule has 0 spiro atoms. The molecule has 0 unspecified atom stereocenters. The number of hydrogen-bond acceptors (Lipinski definition) is 2. The summed E-state index contributed by atoms with van der Waals surface area (Å²) >= 11 is 5.03. The largest absolute Gasteiger partial charge is 0.416 e. The summed E-state index contributed by atoms with van der Waals surface area (Å²) in [5.41, 5.74) is -0.168. The van der Waals surface area contributed by atoms with Crippen LogP contribution in [0.3, 0.4) is 0 Å². The number of anilines is 1.